The van der Waals surface area contributed by atoms with Crippen molar-refractivity contribution >= 4 is 35.5 Å². The molecule has 0 radical (unpaired) electrons. The molecule has 2 amide bonds. The highest BCUT2D eigenvalue weighted by Gasteiger charge is 2.00. The van der Waals surface area contributed by atoms with Crippen LogP contribution in [0.4, 0.5) is 10.5 Å². The van der Waals surface area contributed by atoms with E-state index < -0.39 is 5.97 Å². The van der Waals surface area contributed by atoms with E-state index in [4.69, 9.17) is 5.11 Å². The highest BCUT2D eigenvalue weighted by Crippen LogP contribution is 2.10. The minimum atomic E-state index is -0.989. The molecule has 0 spiro atoms. The van der Waals surface area contributed by atoms with Crippen LogP contribution in [0, 0.1) is 0 Å². The van der Waals surface area contributed by atoms with Crippen molar-refractivity contribution in [3.63, 3.8) is 0 Å². The highest BCUT2D eigenvalue weighted by molar-refractivity contribution is 7.98. The van der Waals surface area contributed by atoms with Crippen LogP contribution in [0.5, 0.6) is 0 Å². The number of carboxylic acids is 1. The van der Waals surface area contributed by atoms with Crippen molar-refractivity contribution in [1.82, 2.24) is 5.32 Å². The summed E-state index contributed by atoms with van der Waals surface area (Å²) in [6, 6.07) is 6.69. The second kappa shape index (κ2) is 9.03. The van der Waals surface area contributed by atoms with Gasteiger partial charge < -0.3 is 15.7 Å². The summed E-state index contributed by atoms with van der Waals surface area (Å²) in [4.78, 5) is 21.9. The van der Waals surface area contributed by atoms with Crippen LogP contribution >= 0.6 is 11.8 Å². The number of carbonyl (C=O) groups excluding carboxylic acids is 1. The van der Waals surface area contributed by atoms with Crippen molar-refractivity contribution in [3.8, 4) is 0 Å². The number of benzene rings is 1. The van der Waals surface area contributed by atoms with Gasteiger partial charge >= 0.3 is 12.0 Å². The number of hydrogen-bond acceptors (Lipinski definition) is 3. The maximum atomic E-state index is 11.6. The first kappa shape index (κ1) is 16.1. The second-order valence-electron chi connectivity index (χ2n) is 4.02. The summed E-state index contributed by atoms with van der Waals surface area (Å²) in [5, 5.41) is 14.0. The summed E-state index contributed by atoms with van der Waals surface area (Å²) in [5.41, 5.74) is 1.43. The van der Waals surface area contributed by atoms with E-state index in [1.807, 2.05) is 6.26 Å². The largest absolute Gasteiger partial charge is 0.478 e. The Balaban J connectivity index is 2.41. The Morgan fingerprint density at radius 3 is 2.60 bits per heavy atom. The van der Waals surface area contributed by atoms with E-state index in [0.717, 1.165) is 23.8 Å². The first-order valence-electron chi connectivity index (χ1n) is 6.16. The van der Waals surface area contributed by atoms with Gasteiger partial charge in [-0.3, -0.25) is 0 Å². The number of thioether (sulfide) groups is 1. The van der Waals surface area contributed by atoms with Crippen molar-refractivity contribution in [1.29, 1.82) is 0 Å². The van der Waals surface area contributed by atoms with Crippen LogP contribution in [-0.4, -0.2) is 35.7 Å². The highest BCUT2D eigenvalue weighted by atomic mass is 32.2. The van der Waals surface area contributed by atoms with Gasteiger partial charge in [0, 0.05) is 18.3 Å². The number of carbonyl (C=O) groups is 2. The van der Waals surface area contributed by atoms with Crippen LogP contribution in [0.25, 0.3) is 6.08 Å². The van der Waals surface area contributed by atoms with Crippen molar-refractivity contribution in [2.45, 2.75) is 6.42 Å². The smallest absolute Gasteiger partial charge is 0.328 e. The van der Waals surface area contributed by atoms with E-state index in [9.17, 15) is 9.59 Å². The Morgan fingerprint density at radius 2 is 2.00 bits per heavy atom. The molecule has 0 bridgehead atoms. The average molecular weight is 294 g/mol. The number of aliphatic carboxylic acids is 1. The van der Waals surface area contributed by atoms with Crippen LogP contribution in [0.15, 0.2) is 30.3 Å². The Morgan fingerprint density at radius 1 is 1.30 bits per heavy atom. The van der Waals surface area contributed by atoms with E-state index in [1.54, 1.807) is 36.0 Å². The minimum absolute atomic E-state index is 0.236. The molecule has 0 heterocycles. The van der Waals surface area contributed by atoms with Crippen LogP contribution in [0.1, 0.15) is 12.0 Å². The van der Waals surface area contributed by atoms with E-state index in [1.165, 1.54) is 6.08 Å². The van der Waals surface area contributed by atoms with Crippen LogP contribution in [0.3, 0.4) is 0 Å². The van der Waals surface area contributed by atoms with E-state index in [0.29, 0.717) is 12.2 Å². The first-order valence-corrected chi connectivity index (χ1v) is 7.56. The van der Waals surface area contributed by atoms with Gasteiger partial charge in [0.25, 0.3) is 0 Å². The summed E-state index contributed by atoms with van der Waals surface area (Å²) in [6.07, 6.45) is 5.53. The number of urea groups is 1. The zero-order valence-corrected chi connectivity index (χ0v) is 12.1. The zero-order chi connectivity index (χ0) is 14.8. The molecule has 0 saturated carbocycles. The third-order valence-electron chi connectivity index (χ3n) is 2.40. The van der Waals surface area contributed by atoms with Gasteiger partial charge in [0.2, 0.25) is 0 Å². The number of rotatable bonds is 7. The van der Waals surface area contributed by atoms with Gasteiger partial charge in [-0.1, -0.05) is 12.1 Å². The Bertz CT molecular complexity index is 472. The van der Waals surface area contributed by atoms with Crippen molar-refractivity contribution < 1.29 is 14.7 Å². The summed E-state index contributed by atoms with van der Waals surface area (Å²) in [5.74, 6) is 0.0297. The fourth-order valence-corrected chi connectivity index (χ4v) is 1.87. The maximum absolute atomic E-state index is 11.6. The molecule has 6 heteroatoms. The molecule has 1 rings (SSSR count). The van der Waals surface area contributed by atoms with Crippen LogP contribution < -0.4 is 10.6 Å². The third-order valence-corrected chi connectivity index (χ3v) is 3.09. The summed E-state index contributed by atoms with van der Waals surface area (Å²) >= 11 is 1.75. The number of nitrogens with one attached hydrogen (secondary N) is 2. The fourth-order valence-electron chi connectivity index (χ4n) is 1.44. The average Bonchev–Trinajstić information content (AvgIpc) is 2.43. The molecule has 20 heavy (non-hydrogen) atoms. The second-order valence-corrected chi connectivity index (χ2v) is 5.01. The lowest BCUT2D eigenvalue weighted by Crippen LogP contribution is -2.29. The summed E-state index contributed by atoms with van der Waals surface area (Å²) in [6.45, 7) is 0.645. The number of anilines is 1. The molecule has 0 unspecified atom stereocenters. The van der Waals surface area contributed by atoms with Gasteiger partial charge in [0.15, 0.2) is 0 Å². The number of amides is 2. The molecule has 0 fully saturated rings. The summed E-state index contributed by atoms with van der Waals surface area (Å²) < 4.78 is 0. The van der Waals surface area contributed by atoms with Gasteiger partial charge in [-0.05, 0) is 42.2 Å². The predicted molar refractivity (Wildman–Crippen MR) is 83.1 cm³/mol. The third kappa shape index (κ3) is 6.84. The first-order chi connectivity index (χ1) is 9.61. The predicted octanol–water partition coefficient (Wildman–Crippen LogP) is 2.66. The van der Waals surface area contributed by atoms with E-state index >= 15 is 0 Å². The van der Waals surface area contributed by atoms with E-state index in [-0.39, 0.29) is 6.03 Å². The fraction of sp³-hybridized carbons (Fsp3) is 0.286. The molecule has 0 aliphatic heterocycles. The lowest BCUT2D eigenvalue weighted by Gasteiger charge is -2.07. The molecule has 1 aromatic carbocycles. The van der Waals surface area contributed by atoms with Crippen LogP contribution in [-0.2, 0) is 4.79 Å². The minimum Gasteiger partial charge on any atom is -0.478 e. The Hall–Kier alpha value is -1.95. The monoisotopic (exact) mass is 294 g/mol. The van der Waals surface area contributed by atoms with Crippen molar-refractivity contribution in [3.05, 3.63) is 35.9 Å². The van der Waals surface area contributed by atoms with Crippen molar-refractivity contribution in [2.75, 3.05) is 23.9 Å². The molecule has 0 saturated heterocycles. The van der Waals surface area contributed by atoms with Gasteiger partial charge in [-0.15, -0.1) is 0 Å². The molecule has 0 atom stereocenters. The molecular formula is C14H18N2O3S. The quantitative estimate of drug-likeness (QED) is 0.533. The molecular weight excluding hydrogens is 276 g/mol. The normalized spacial score (nSPS) is 10.4. The number of hydrogen-bond donors (Lipinski definition) is 3. The maximum Gasteiger partial charge on any atom is 0.328 e. The lowest BCUT2D eigenvalue weighted by molar-refractivity contribution is -0.131. The van der Waals surface area contributed by atoms with Gasteiger partial charge in [0.1, 0.15) is 0 Å². The molecule has 5 nitrogen and oxygen atoms in total. The van der Waals surface area contributed by atoms with Gasteiger partial charge in [0.05, 0.1) is 0 Å². The standard InChI is InChI=1S/C14H18N2O3S/c1-20-10-2-9-15-14(19)16-12-6-3-11(4-7-12)5-8-13(17)18/h3-8H,2,9-10H2,1H3,(H,17,18)(H2,15,16,19). The van der Waals surface area contributed by atoms with Crippen molar-refractivity contribution in [2.24, 2.45) is 0 Å². The molecule has 0 aliphatic rings. The zero-order valence-electron chi connectivity index (χ0n) is 11.3. The van der Waals surface area contributed by atoms with Gasteiger partial charge in [-0.25, -0.2) is 9.59 Å². The molecule has 0 aromatic heterocycles. The van der Waals surface area contributed by atoms with E-state index in [2.05, 4.69) is 10.6 Å². The molecule has 0 aliphatic carbocycles. The topological polar surface area (TPSA) is 78.4 Å². The Kier molecular flexibility index (Phi) is 7.27. The molecule has 1 aromatic rings. The lowest BCUT2D eigenvalue weighted by atomic mass is 10.2. The number of carboxylic acid groups (broad SMARTS) is 1. The summed E-state index contributed by atoms with van der Waals surface area (Å²) in [7, 11) is 0. The van der Waals surface area contributed by atoms with Gasteiger partial charge in [-0.2, -0.15) is 11.8 Å². The molecule has 3 N–H and O–H groups in total. The SMILES string of the molecule is CSCCCNC(=O)Nc1ccc(C=CC(=O)O)cc1. The molecule has 108 valence electrons. The van der Waals surface area contributed by atoms with Crippen LogP contribution in [0.2, 0.25) is 0 Å². The Labute approximate surface area is 122 Å².